The summed E-state index contributed by atoms with van der Waals surface area (Å²) in [7, 11) is -3.41. The van der Waals surface area contributed by atoms with Crippen molar-refractivity contribution in [3.8, 4) is 0 Å². The van der Waals surface area contributed by atoms with Crippen molar-refractivity contribution in [2.75, 3.05) is 5.75 Å². The van der Waals surface area contributed by atoms with Crippen LogP contribution in [0.4, 0.5) is 0 Å². The number of benzene rings is 1. The third kappa shape index (κ3) is 4.82. The Bertz CT molecular complexity index is 563. The molecule has 0 aliphatic heterocycles. The Morgan fingerprint density at radius 1 is 1.14 bits per heavy atom. The Labute approximate surface area is 125 Å². The molecule has 21 heavy (non-hydrogen) atoms. The lowest BCUT2D eigenvalue weighted by molar-refractivity contribution is -0.121. The molecule has 0 spiro atoms. The minimum Gasteiger partial charge on any atom is -0.393 e. The van der Waals surface area contributed by atoms with E-state index < -0.39 is 9.84 Å². The first-order chi connectivity index (χ1) is 9.97. The van der Waals surface area contributed by atoms with Crippen LogP contribution in [0.5, 0.6) is 0 Å². The van der Waals surface area contributed by atoms with Crippen LogP contribution in [-0.2, 0) is 14.6 Å². The Balaban J connectivity index is 1.81. The first-order valence-corrected chi connectivity index (χ1v) is 8.88. The molecule has 2 N–H and O–H groups in total. The van der Waals surface area contributed by atoms with Gasteiger partial charge in [0.1, 0.15) is 0 Å². The van der Waals surface area contributed by atoms with Crippen molar-refractivity contribution in [1.29, 1.82) is 0 Å². The molecule has 1 aliphatic carbocycles. The molecule has 5 nitrogen and oxygen atoms in total. The summed E-state index contributed by atoms with van der Waals surface area (Å²) >= 11 is 0. The first-order valence-electron chi connectivity index (χ1n) is 7.22. The van der Waals surface area contributed by atoms with E-state index in [-0.39, 0.29) is 35.1 Å². The number of hydrogen-bond donors (Lipinski definition) is 2. The number of amides is 1. The number of carbonyl (C=O) groups is 1. The molecule has 116 valence electrons. The highest BCUT2D eigenvalue weighted by atomic mass is 32.2. The summed E-state index contributed by atoms with van der Waals surface area (Å²) in [5.41, 5.74) is 0. The fourth-order valence-corrected chi connectivity index (χ4v) is 3.75. The highest BCUT2D eigenvalue weighted by molar-refractivity contribution is 7.91. The smallest absolute Gasteiger partial charge is 0.221 e. The highest BCUT2D eigenvalue weighted by Gasteiger charge is 2.22. The molecule has 1 amide bonds. The van der Waals surface area contributed by atoms with Crippen LogP contribution in [0.25, 0.3) is 0 Å². The largest absolute Gasteiger partial charge is 0.393 e. The third-order valence-corrected chi connectivity index (χ3v) is 5.49. The topological polar surface area (TPSA) is 83.5 Å². The quantitative estimate of drug-likeness (QED) is 0.858. The van der Waals surface area contributed by atoms with Gasteiger partial charge in [0.2, 0.25) is 5.91 Å². The van der Waals surface area contributed by atoms with Gasteiger partial charge in [-0.1, -0.05) is 18.2 Å². The number of rotatable bonds is 5. The van der Waals surface area contributed by atoms with Crippen LogP contribution < -0.4 is 5.32 Å². The molecule has 0 aromatic heterocycles. The molecule has 2 rings (SSSR count). The second-order valence-electron chi connectivity index (χ2n) is 5.45. The summed E-state index contributed by atoms with van der Waals surface area (Å²) in [4.78, 5) is 12.1. The summed E-state index contributed by atoms with van der Waals surface area (Å²) in [6.45, 7) is 0. The molecule has 0 bridgehead atoms. The Hall–Kier alpha value is -1.40. The van der Waals surface area contributed by atoms with E-state index in [1.165, 1.54) is 12.1 Å². The maximum Gasteiger partial charge on any atom is 0.221 e. The zero-order valence-electron chi connectivity index (χ0n) is 11.9. The van der Waals surface area contributed by atoms with Gasteiger partial charge in [-0.05, 0) is 37.8 Å². The minimum absolute atomic E-state index is 0.0315. The fraction of sp³-hybridized carbons (Fsp3) is 0.533. The Morgan fingerprint density at radius 2 is 1.76 bits per heavy atom. The van der Waals surface area contributed by atoms with Crippen LogP contribution in [0, 0.1) is 0 Å². The Kier molecular flexibility index (Phi) is 5.36. The molecule has 0 atom stereocenters. The van der Waals surface area contributed by atoms with Crippen molar-refractivity contribution < 1.29 is 18.3 Å². The molecule has 1 saturated carbocycles. The van der Waals surface area contributed by atoms with E-state index in [1.807, 2.05) is 0 Å². The van der Waals surface area contributed by atoms with Crippen LogP contribution in [-0.4, -0.2) is 37.3 Å². The zero-order valence-corrected chi connectivity index (χ0v) is 12.7. The predicted molar refractivity (Wildman–Crippen MR) is 79.5 cm³/mol. The minimum atomic E-state index is -3.41. The van der Waals surface area contributed by atoms with Gasteiger partial charge in [-0.15, -0.1) is 0 Å². The maximum absolute atomic E-state index is 12.1. The summed E-state index contributed by atoms with van der Waals surface area (Å²) in [6, 6.07) is 8.22. The number of nitrogens with one attached hydrogen (secondary N) is 1. The van der Waals surface area contributed by atoms with Gasteiger partial charge in [0.25, 0.3) is 0 Å². The average molecular weight is 311 g/mol. The number of hydrogen-bond acceptors (Lipinski definition) is 4. The van der Waals surface area contributed by atoms with E-state index in [2.05, 4.69) is 5.32 Å². The summed E-state index contributed by atoms with van der Waals surface area (Å²) in [6.07, 6.45) is 2.57. The van der Waals surface area contributed by atoms with Gasteiger partial charge < -0.3 is 10.4 Å². The number of aliphatic hydroxyl groups excluding tert-OH is 1. The van der Waals surface area contributed by atoms with Crippen LogP contribution in [0.1, 0.15) is 32.1 Å². The predicted octanol–water partition coefficient (Wildman–Crippen LogP) is 1.27. The molecular weight excluding hydrogens is 290 g/mol. The van der Waals surface area contributed by atoms with E-state index in [9.17, 15) is 18.3 Å². The van der Waals surface area contributed by atoms with Crippen molar-refractivity contribution in [2.45, 2.75) is 49.1 Å². The second-order valence-corrected chi connectivity index (χ2v) is 7.56. The number of carbonyl (C=O) groups excluding carboxylic acids is 1. The molecule has 1 aromatic carbocycles. The van der Waals surface area contributed by atoms with Gasteiger partial charge >= 0.3 is 0 Å². The zero-order chi connectivity index (χ0) is 15.3. The number of sulfone groups is 1. The van der Waals surface area contributed by atoms with Crippen LogP contribution in [0.3, 0.4) is 0 Å². The van der Waals surface area contributed by atoms with E-state index in [0.29, 0.717) is 12.8 Å². The standard InChI is InChI=1S/C15H21NO4S/c17-13-8-6-12(7-9-13)16-15(18)10-11-21(19,20)14-4-2-1-3-5-14/h1-5,12-13,17H,6-11H2,(H,16,18). The lowest BCUT2D eigenvalue weighted by Gasteiger charge is -2.26. The lowest BCUT2D eigenvalue weighted by Crippen LogP contribution is -2.39. The molecule has 0 heterocycles. The molecule has 1 aromatic rings. The van der Waals surface area contributed by atoms with E-state index in [4.69, 9.17) is 0 Å². The van der Waals surface area contributed by atoms with E-state index in [1.54, 1.807) is 18.2 Å². The average Bonchev–Trinajstić information content (AvgIpc) is 2.49. The van der Waals surface area contributed by atoms with Gasteiger partial charge in [0, 0.05) is 12.5 Å². The normalized spacial score (nSPS) is 22.7. The fourth-order valence-electron chi connectivity index (χ4n) is 2.49. The SMILES string of the molecule is O=C(CCS(=O)(=O)c1ccccc1)NC1CCC(O)CC1. The van der Waals surface area contributed by atoms with Crippen molar-refractivity contribution >= 4 is 15.7 Å². The first kappa shape index (κ1) is 16.0. The molecular formula is C15H21NO4S. The molecule has 6 heteroatoms. The molecule has 1 aliphatic rings. The summed E-state index contributed by atoms with van der Waals surface area (Å²) < 4.78 is 24.1. The van der Waals surface area contributed by atoms with Gasteiger partial charge in [-0.25, -0.2) is 8.42 Å². The molecule has 0 saturated heterocycles. The molecule has 1 fully saturated rings. The summed E-state index contributed by atoms with van der Waals surface area (Å²) in [5, 5.41) is 12.3. The highest BCUT2D eigenvalue weighted by Crippen LogP contribution is 2.18. The van der Waals surface area contributed by atoms with Gasteiger partial charge in [0.05, 0.1) is 16.8 Å². The molecule has 0 unspecified atom stereocenters. The van der Waals surface area contributed by atoms with E-state index in [0.717, 1.165) is 12.8 Å². The van der Waals surface area contributed by atoms with Crippen molar-refractivity contribution in [1.82, 2.24) is 5.32 Å². The maximum atomic E-state index is 12.1. The summed E-state index contributed by atoms with van der Waals surface area (Å²) in [5.74, 6) is -0.422. The van der Waals surface area contributed by atoms with Gasteiger partial charge in [-0.2, -0.15) is 0 Å². The second kappa shape index (κ2) is 7.04. The van der Waals surface area contributed by atoms with E-state index >= 15 is 0 Å². The third-order valence-electron chi connectivity index (χ3n) is 3.76. The van der Waals surface area contributed by atoms with Crippen molar-refractivity contribution in [3.63, 3.8) is 0 Å². The lowest BCUT2D eigenvalue weighted by atomic mass is 9.93. The van der Waals surface area contributed by atoms with Crippen molar-refractivity contribution in [3.05, 3.63) is 30.3 Å². The number of aliphatic hydroxyl groups is 1. The van der Waals surface area contributed by atoms with Gasteiger partial charge in [-0.3, -0.25) is 4.79 Å². The van der Waals surface area contributed by atoms with Crippen molar-refractivity contribution in [2.24, 2.45) is 0 Å². The van der Waals surface area contributed by atoms with Crippen LogP contribution in [0.2, 0.25) is 0 Å². The van der Waals surface area contributed by atoms with Crippen LogP contribution >= 0.6 is 0 Å². The van der Waals surface area contributed by atoms with Crippen LogP contribution in [0.15, 0.2) is 35.2 Å². The molecule has 0 radical (unpaired) electrons. The van der Waals surface area contributed by atoms with Gasteiger partial charge in [0.15, 0.2) is 9.84 Å². The monoisotopic (exact) mass is 311 g/mol. The Morgan fingerprint density at radius 3 is 2.38 bits per heavy atom.